The van der Waals surface area contributed by atoms with Crippen LogP contribution in [0.3, 0.4) is 0 Å². The Morgan fingerprint density at radius 3 is 2.56 bits per heavy atom. The van der Waals surface area contributed by atoms with E-state index in [1.807, 2.05) is 24.3 Å². The number of benzene rings is 2. The number of para-hydroxylation sites is 1. The molecule has 2 aromatic rings. The number of anilines is 1. The number of hydrogen-bond donors (Lipinski definition) is 3. The normalized spacial score (nSPS) is 14.9. The molecule has 3 rings (SSSR count). The van der Waals surface area contributed by atoms with Crippen LogP contribution in [-0.4, -0.2) is 56.6 Å². The molecular weight excluding hydrogens is 518 g/mol. The van der Waals surface area contributed by atoms with Crippen molar-refractivity contribution >= 4 is 41.1 Å². The van der Waals surface area contributed by atoms with E-state index in [4.69, 9.17) is 26.4 Å². The molecule has 0 fully saturated rings. The standard InChI is InChI=1S/C28H35N5O5S/c1-6-33(7-2)20-14-13-19(23(15-20)36-5)16-29-32-24(34)17-38-22-12-10-9-11-21(22)26-25(27(35)37-8-3)18(4)30-28(39)31-26/h9-16,26H,6-8,17H2,1-5H3,(H,32,34)(H2,30,31,39)/t26-/m1/s1. The molecule has 0 aliphatic carbocycles. The Bertz CT molecular complexity index is 1260. The Morgan fingerprint density at radius 2 is 1.87 bits per heavy atom. The predicted molar refractivity (Wildman–Crippen MR) is 155 cm³/mol. The van der Waals surface area contributed by atoms with Gasteiger partial charge in [-0.1, -0.05) is 18.2 Å². The van der Waals surface area contributed by atoms with Crippen LogP contribution in [0.2, 0.25) is 0 Å². The fourth-order valence-electron chi connectivity index (χ4n) is 4.20. The SMILES string of the molecule is CCOC(=O)C1=C(C)NC(=S)N[C@@H]1c1ccccc1OCC(=O)NN=Cc1ccc(N(CC)CC)cc1OC. The first-order chi connectivity index (χ1) is 18.8. The average molecular weight is 554 g/mol. The monoisotopic (exact) mass is 553 g/mol. The van der Waals surface area contributed by atoms with Gasteiger partial charge in [-0.25, -0.2) is 10.2 Å². The van der Waals surface area contributed by atoms with Crippen molar-refractivity contribution in [2.45, 2.75) is 33.7 Å². The summed E-state index contributed by atoms with van der Waals surface area (Å²) < 4.78 is 16.6. The van der Waals surface area contributed by atoms with Crippen LogP contribution in [0, 0.1) is 0 Å². The summed E-state index contributed by atoms with van der Waals surface area (Å²) in [5.41, 5.74) is 5.86. The van der Waals surface area contributed by atoms with Gasteiger partial charge < -0.3 is 29.7 Å². The van der Waals surface area contributed by atoms with Gasteiger partial charge in [-0.05, 0) is 58.1 Å². The zero-order valence-corrected chi connectivity index (χ0v) is 23.7. The van der Waals surface area contributed by atoms with Crippen LogP contribution < -0.4 is 30.4 Å². The van der Waals surface area contributed by atoms with Gasteiger partial charge in [0, 0.05) is 41.7 Å². The van der Waals surface area contributed by atoms with Gasteiger partial charge in [-0.15, -0.1) is 0 Å². The van der Waals surface area contributed by atoms with Crippen molar-refractivity contribution in [2.75, 3.05) is 38.3 Å². The van der Waals surface area contributed by atoms with Crippen LogP contribution in [0.15, 0.2) is 58.8 Å². The van der Waals surface area contributed by atoms with Crippen molar-refractivity contribution in [2.24, 2.45) is 5.10 Å². The number of carbonyl (C=O) groups is 2. The number of carbonyl (C=O) groups excluding carboxylic acids is 2. The number of ether oxygens (including phenoxy) is 3. The van der Waals surface area contributed by atoms with Crippen LogP contribution in [0.5, 0.6) is 11.5 Å². The molecule has 3 N–H and O–H groups in total. The summed E-state index contributed by atoms with van der Waals surface area (Å²) in [5.74, 6) is 0.147. The van der Waals surface area contributed by atoms with Crippen LogP contribution in [-0.2, 0) is 14.3 Å². The van der Waals surface area contributed by atoms with Crippen LogP contribution in [0.1, 0.15) is 44.9 Å². The van der Waals surface area contributed by atoms with Gasteiger partial charge in [-0.3, -0.25) is 4.79 Å². The van der Waals surface area contributed by atoms with E-state index in [1.165, 1.54) is 6.21 Å². The molecule has 10 nitrogen and oxygen atoms in total. The topological polar surface area (TPSA) is 114 Å². The lowest BCUT2D eigenvalue weighted by molar-refractivity contribution is -0.139. The largest absolute Gasteiger partial charge is 0.496 e. The molecule has 0 saturated carbocycles. The zero-order chi connectivity index (χ0) is 28.4. The summed E-state index contributed by atoms with van der Waals surface area (Å²) in [4.78, 5) is 27.4. The van der Waals surface area contributed by atoms with Gasteiger partial charge >= 0.3 is 5.97 Å². The summed E-state index contributed by atoms with van der Waals surface area (Å²) in [5, 5.41) is 10.5. The summed E-state index contributed by atoms with van der Waals surface area (Å²) in [6, 6.07) is 12.3. The summed E-state index contributed by atoms with van der Waals surface area (Å²) >= 11 is 5.31. The van der Waals surface area contributed by atoms with Crippen molar-refractivity contribution in [1.82, 2.24) is 16.1 Å². The Labute approximate surface area is 234 Å². The van der Waals surface area contributed by atoms with Crippen LogP contribution >= 0.6 is 12.2 Å². The minimum Gasteiger partial charge on any atom is -0.496 e. The predicted octanol–water partition coefficient (Wildman–Crippen LogP) is 3.43. The molecule has 11 heteroatoms. The van der Waals surface area contributed by atoms with E-state index < -0.39 is 17.9 Å². The molecule has 39 heavy (non-hydrogen) atoms. The van der Waals surface area contributed by atoms with Gasteiger partial charge in [0.05, 0.1) is 31.5 Å². The number of hydrogen-bond acceptors (Lipinski definition) is 8. The number of methoxy groups -OCH3 is 1. The van der Waals surface area contributed by atoms with Crippen LogP contribution in [0.25, 0.3) is 0 Å². The highest BCUT2D eigenvalue weighted by Crippen LogP contribution is 2.33. The van der Waals surface area contributed by atoms with E-state index in [9.17, 15) is 9.59 Å². The number of rotatable bonds is 12. The molecular formula is C28H35N5O5S. The summed E-state index contributed by atoms with van der Waals surface area (Å²) in [6.07, 6.45) is 1.52. The Kier molecular flexibility index (Phi) is 10.7. The van der Waals surface area contributed by atoms with Crippen molar-refractivity contribution in [3.05, 3.63) is 64.9 Å². The van der Waals surface area contributed by atoms with Crippen molar-refractivity contribution in [1.29, 1.82) is 0 Å². The lowest BCUT2D eigenvalue weighted by atomic mass is 9.95. The minimum absolute atomic E-state index is 0.234. The maximum atomic E-state index is 12.7. The fraction of sp³-hybridized carbons (Fsp3) is 0.357. The Morgan fingerprint density at radius 1 is 1.13 bits per heavy atom. The first kappa shape index (κ1) is 29.4. The number of allylic oxidation sites excluding steroid dienone is 1. The summed E-state index contributed by atoms with van der Waals surface area (Å²) in [6.45, 7) is 9.39. The number of amides is 1. The lowest BCUT2D eigenvalue weighted by Crippen LogP contribution is -2.45. The van der Waals surface area contributed by atoms with Gasteiger partial charge in [0.2, 0.25) is 0 Å². The highest BCUT2D eigenvalue weighted by molar-refractivity contribution is 7.80. The fourth-order valence-corrected chi connectivity index (χ4v) is 4.47. The van der Waals surface area contributed by atoms with Crippen LogP contribution in [0.4, 0.5) is 5.69 Å². The second-order valence-corrected chi connectivity index (χ2v) is 8.92. The highest BCUT2D eigenvalue weighted by Gasteiger charge is 2.32. The number of esters is 1. The molecule has 208 valence electrons. The van der Waals surface area contributed by atoms with E-state index in [0.717, 1.165) is 24.3 Å². The molecule has 1 aliphatic heterocycles. The lowest BCUT2D eigenvalue weighted by Gasteiger charge is -2.30. The first-order valence-corrected chi connectivity index (χ1v) is 13.2. The van der Waals surface area contributed by atoms with E-state index in [-0.39, 0.29) is 13.2 Å². The maximum Gasteiger partial charge on any atom is 0.338 e. The molecule has 1 aliphatic rings. The van der Waals surface area contributed by atoms with Gasteiger partial charge in [0.15, 0.2) is 11.7 Å². The number of nitrogens with zero attached hydrogens (tertiary/aromatic N) is 2. The van der Waals surface area contributed by atoms with Gasteiger partial charge in [-0.2, -0.15) is 5.10 Å². The maximum absolute atomic E-state index is 12.7. The summed E-state index contributed by atoms with van der Waals surface area (Å²) in [7, 11) is 1.59. The third-order valence-corrected chi connectivity index (χ3v) is 6.31. The molecule has 0 spiro atoms. The molecule has 1 amide bonds. The number of hydrazone groups is 1. The molecule has 0 radical (unpaired) electrons. The third kappa shape index (κ3) is 7.47. The minimum atomic E-state index is -0.609. The second-order valence-electron chi connectivity index (χ2n) is 8.51. The Balaban J connectivity index is 1.69. The number of thiocarbonyl (C=S) groups is 1. The van der Waals surface area contributed by atoms with Gasteiger partial charge in [0.1, 0.15) is 11.5 Å². The smallest absolute Gasteiger partial charge is 0.338 e. The molecule has 0 aromatic heterocycles. The zero-order valence-electron chi connectivity index (χ0n) is 22.9. The highest BCUT2D eigenvalue weighted by atomic mass is 32.1. The molecule has 2 aromatic carbocycles. The van der Waals surface area contributed by atoms with Crippen molar-refractivity contribution < 1.29 is 23.8 Å². The quantitative estimate of drug-likeness (QED) is 0.157. The molecule has 1 atom stereocenters. The van der Waals surface area contributed by atoms with E-state index in [1.54, 1.807) is 39.2 Å². The molecule has 0 unspecified atom stereocenters. The first-order valence-electron chi connectivity index (χ1n) is 12.7. The molecule has 0 bridgehead atoms. The van der Waals surface area contributed by atoms with E-state index in [0.29, 0.717) is 33.4 Å². The third-order valence-electron chi connectivity index (χ3n) is 6.09. The average Bonchev–Trinajstić information content (AvgIpc) is 2.93. The van der Waals surface area contributed by atoms with E-state index in [2.05, 4.69) is 39.9 Å². The van der Waals surface area contributed by atoms with Crippen molar-refractivity contribution in [3.8, 4) is 11.5 Å². The van der Waals surface area contributed by atoms with Crippen molar-refractivity contribution in [3.63, 3.8) is 0 Å². The second kappa shape index (κ2) is 14.1. The molecule has 1 heterocycles. The Hall–Kier alpha value is -4.12. The van der Waals surface area contributed by atoms with E-state index >= 15 is 0 Å². The van der Waals surface area contributed by atoms with Gasteiger partial charge in [0.25, 0.3) is 5.91 Å². The molecule has 0 saturated heterocycles. The number of nitrogens with one attached hydrogen (secondary N) is 3.